The standard InChI is InChI=1S/C8H15N3O/c1-4-6-10-8(11-12-6)7(9)5(2)3/h5,7H,4,9H2,1-3H3. The Bertz CT molecular complexity index is 244. The fourth-order valence-electron chi connectivity index (χ4n) is 0.845. The highest BCUT2D eigenvalue weighted by Crippen LogP contribution is 2.15. The third-order valence-electron chi connectivity index (χ3n) is 1.80. The fourth-order valence-corrected chi connectivity index (χ4v) is 0.845. The molecule has 0 fully saturated rings. The van der Waals surface area contributed by atoms with Crippen molar-refractivity contribution in [1.82, 2.24) is 10.1 Å². The van der Waals surface area contributed by atoms with Gasteiger partial charge in [-0.05, 0) is 5.92 Å². The lowest BCUT2D eigenvalue weighted by Gasteiger charge is -2.09. The summed E-state index contributed by atoms with van der Waals surface area (Å²) in [5.74, 6) is 1.61. The van der Waals surface area contributed by atoms with Crippen LogP contribution in [0.2, 0.25) is 0 Å². The van der Waals surface area contributed by atoms with Gasteiger partial charge >= 0.3 is 0 Å². The van der Waals surface area contributed by atoms with E-state index in [-0.39, 0.29) is 6.04 Å². The minimum atomic E-state index is -0.117. The van der Waals surface area contributed by atoms with Crippen molar-refractivity contribution in [2.24, 2.45) is 11.7 Å². The molecular weight excluding hydrogens is 154 g/mol. The van der Waals surface area contributed by atoms with Crippen LogP contribution in [0.25, 0.3) is 0 Å². The number of hydrogen-bond acceptors (Lipinski definition) is 4. The van der Waals surface area contributed by atoms with Crippen LogP contribution < -0.4 is 5.73 Å². The first kappa shape index (κ1) is 9.19. The molecule has 68 valence electrons. The first-order valence-corrected chi connectivity index (χ1v) is 4.23. The van der Waals surface area contributed by atoms with Gasteiger partial charge in [-0.2, -0.15) is 4.98 Å². The van der Waals surface area contributed by atoms with Gasteiger partial charge in [-0.25, -0.2) is 0 Å². The second-order valence-electron chi connectivity index (χ2n) is 3.17. The Morgan fingerprint density at radius 3 is 2.58 bits per heavy atom. The molecule has 12 heavy (non-hydrogen) atoms. The highest BCUT2D eigenvalue weighted by atomic mass is 16.5. The Labute approximate surface area is 72.1 Å². The summed E-state index contributed by atoms with van der Waals surface area (Å²) in [5.41, 5.74) is 5.82. The first-order chi connectivity index (χ1) is 5.65. The number of nitrogens with two attached hydrogens (primary N) is 1. The van der Waals surface area contributed by atoms with E-state index in [0.717, 1.165) is 6.42 Å². The lowest BCUT2D eigenvalue weighted by Crippen LogP contribution is -2.18. The van der Waals surface area contributed by atoms with Crippen LogP contribution in [0.1, 0.15) is 38.5 Å². The molecule has 0 aliphatic rings. The molecular formula is C8H15N3O. The van der Waals surface area contributed by atoms with Gasteiger partial charge < -0.3 is 10.3 Å². The zero-order valence-corrected chi connectivity index (χ0v) is 7.74. The summed E-state index contributed by atoms with van der Waals surface area (Å²) >= 11 is 0. The minimum absolute atomic E-state index is 0.117. The monoisotopic (exact) mass is 169 g/mol. The van der Waals surface area contributed by atoms with Crippen molar-refractivity contribution in [3.8, 4) is 0 Å². The van der Waals surface area contributed by atoms with Gasteiger partial charge in [-0.3, -0.25) is 0 Å². The van der Waals surface area contributed by atoms with E-state index in [2.05, 4.69) is 10.1 Å². The Morgan fingerprint density at radius 2 is 2.17 bits per heavy atom. The molecule has 0 spiro atoms. The van der Waals surface area contributed by atoms with Crippen LogP contribution in [0.15, 0.2) is 4.52 Å². The molecule has 0 radical (unpaired) electrons. The molecule has 1 rings (SSSR count). The van der Waals surface area contributed by atoms with Crippen molar-refractivity contribution < 1.29 is 4.52 Å². The molecule has 0 aromatic carbocycles. The van der Waals surface area contributed by atoms with Crippen LogP contribution in [0.3, 0.4) is 0 Å². The lowest BCUT2D eigenvalue weighted by atomic mass is 10.1. The van der Waals surface area contributed by atoms with Gasteiger partial charge in [0.15, 0.2) is 5.82 Å². The molecule has 0 aliphatic carbocycles. The van der Waals surface area contributed by atoms with Gasteiger partial charge in [0, 0.05) is 6.42 Å². The maximum absolute atomic E-state index is 5.82. The van der Waals surface area contributed by atoms with E-state index in [0.29, 0.717) is 17.6 Å². The fraction of sp³-hybridized carbons (Fsp3) is 0.750. The zero-order chi connectivity index (χ0) is 9.14. The van der Waals surface area contributed by atoms with Gasteiger partial charge in [0.2, 0.25) is 5.89 Å². The molecule has 0 aliphatic heterocycles. The van der Waals surface area contributed by atoms with Crippen molar-refractivity contribution in [1.29, 1.82) is 0 Å². The summed E-state index contributed by atoms with van der Waals surface area (Å²) in [6.07, 6.45) is 0.762. The van der Waals surface area contributed by atoms with E-state index in [9.17, 15) is 0 Å². The van der Waals surface area contributed by atoms with Gasteiger partial charge in [0.1, 0.15) is 0 Å². The number of aromatic nitrogens is 2. The van der Waals surface area contributed by atoms with Crippen LogP contribution in [-0.2, 0) is 6.42 Å². The average molecular weight is 169 g/mol. The van der Waals surface area contributed by atoms with Crippen LogP contribution in [0.4, 0.5) is 0 Å². The van der Waals surface area contributed by atoms with Crippen LogP contribution >= 0.6 is 0 Å². The quantitative estimate of drug-likeness (QED) is 0.740. The summed E-state index contributed by atoms with van der Waals surface area (Å²) in [5, 5.41) is 3.80. The van der Waals surface area contributed by atoms with E-state index in [4.69, 9.17) is 10.3 Å². The van der Waals surface area contributed by atoms with Gasteiger partial charge in [-0.1, -0.05) is 25.9 Å². The third kappa shape index (κ3) is 1.82. The van der Waals surface area contributed by atoms with E-state index in [1.54, 1.807) is 0 Å². The topological polar surface area (TPSA) is 64.9 Å². The molecule has 0 saturated heterocycles. The predicted molar refractivity (Wildman–Crippen MR) is 45.4 cm³/mol. The molecule has 1 aromatic heterocycles. The van der Waals surface area contributed by atoms with E-state index >= 15 is 0 Å². The van der Waals surface area contributed by atoms with Gasteiger partial charge in [0.25, 0.3) is 0 Å². The van der Waals surface area contributed by atoms with Gasteiger partial charge in [-0.15, -0.1) is 0 Å². The van der Waals surface area contributed by atoms with Crippen LogP contribution in [0.5, 0.6) is 0 Å². The number of rotatable bonds is 3. The Kier molecular flexibility index (Phi) is 2.81. The molecule has 4 heteroatoms. The number of hydrogen-bond donors (Lipinski definition) is 1. The molecule has 4 nitrogen and oxygen atoms in total. The van der Waals surface area contributed by atoms with Crippen LogP contribution in [-0.4, -0.2) is 10.1 Å². The molecule has 1 unspecified atom stereocenters. The summed E-state index contributed by atoms with van der Waals surface area (Å²) in [7, 11) is 0. The summed E-state index contributed by atoms with van der Waals surface area (Å²) in [6, 6.07) is -0.117. The Hall–Kier alpha value is -0.900. The predicted octanol–water partition coefficient (Wildman–Crippen LogP) is 1.29. The van der Waals surface area contributed by atoms with Crippen molar-refractivity contribution in [2.45, 2.75) is 33.2 Å². The summed E-state index contributed by atoms with van der Waals surface area (Å²) in [4.78, 5) is 4.15. The first-order valence-electron chi connectivity index (χ1n) is 4.23. The SMILES string of the molecule is CCc1nc(C(N)C(C)C)no1. The van der Waals surface area contributed by atoms with Crippen LogP contribution in [0, 0.1) is 5.92 Å². The van der Waals surface area contributed by atoms with Crippen molar-refractivity contribution in [3.63, 3.8) is 0 Å². The summed E-state index contributed by atoms with van der Waals surface area (Å²) in [6.45, 7) is 6.04. The lowest BCUT2D eigenvalue weighted by molar-refractivity contribution is 0.366. The number of aryl methyl sites for hydroxylation is 1. The zero-order valence-electron chi connectivity index (χ0n) is 7.74. The van der Waals surface area contributed by atoms with E-state index in [1.165, 1.54) is 0 Å². The molecule has 1 heterocycles. The van der Waals surface area contributed by atoms with Crippen molar-refractivity contribution >= 4 is 0 Å². The molecule has 1 atom stereocenters. The maximum atomic E-state index is 5.82. The molecule has 1 aromatic rings. The highest BCUT2D eigenvalue weighted by Gasteiger charge is 2.16. The second-order valence-corrected chi connectivity index (χ2v) is 3.17. The largest absolute Gasteiger partial charge is 0.339 e. The summed E-state index contributed by atoms with van der Waals surface area (Å²) < 4.78 is 4.94. The van der Waals surface area contributed by atoms with Gasteiger partial charge in [0.05, 0.1) is 6.04 Å². The normalized spacial score (nSPS) is 13.8. The Balaban J connectivity index is 2.74. The molecule has 0 saturated carbocycles. The van der Waals surface area contributed by atoms with Crippen molar-refractivity contribution in [3.05, 3.63) is 11.7 Å². The smallest absolute Gasteiger partial charge is 0.226 e. The second kappa shape index (κ2) is 3.67. The Morgan fingerprint density at radius 1 is 1.50 bits per heavy atom. The van der Waals surface area contributed by atoms with E-state index < -0.39 is 0 Å². The molecule has 0 bridgehead atoms. The third-order valence-corrected chi connectivity index (χ3v) is 1.80. The average Bonchev–Trinajstić information content (AvgIpc) is 2.50. The highest BCUT2D eigenvalue weighted by molar-refractivity contribution is 4.93. The van der Waals surface area contributed by atoms with E-state index in [1.807, 2.05) is 20.8 Å². The number of nitrogens with zero attached hydrogens (tertiary/aromatic N) is 2. The minimum Gasteiger partial charge on any atom is -0.339 e. The maximum Gasteiger partial charge on any atom is 0.226 e. The van der Waals surface area contributed by atoms with Crippen molar-refractivity contribution in [2.75, 3.05) is 0 Å². The molecule has 0 amide bonds. The molecule has 2 N–H and O–H groups in total.